The van der Waals surface area contributed by atoms with Crippen LogP contribution in [0.4, 0.5) is 0 Å². The van der Waals surface area contributed by atoms with E-state index in [-0.39, 0.29) is 43.1 Å². The minimum Gasteiger partial charge on any atom is -0.354 e. The molecule has 0 saturated heterocycles. The van der Waals surface area contributed by atoms with Crippen molar-refractivity contribution in [1.29, 1.82) is 0 Å². The average Bonchev–Trinajstić information content (AvgIpc) is 3.12. The third-order valence-corrected chi connectivity index (χ3v) is 5.04. The molecule has 1 N–H and O–H groups in total. The first-order valence-corrected chi connectivity index (χ1v) is 10.2. The maximum Gasteiger partial charge on any atom is 0.266 e. The third-order valence-electron chi connectivity index (χ3n) is 5.04. The molecule has 0 aliphatic carbocycles. The number of nitrogens with zero attached hydrogens (tertiary/aromatic N) is 6. The normalized spacial score (nSPS) is 11.1. The first kappa shape index (κ1) is 21.2. The molecule has 4 aromatic rings. The van der Waals surface area contributed by atoms with Crippen LogP contribution in [-0.4, -0.2) is 41.6 Å². The second-order valence-electron chi connectivity index (χ2n) is 7.45. The van der Waals surface area contributed by atoms with E-state index < -0.39 is 0 Å². The number of nitrogens with one attached hydrogen (secondary N) is 1. The topological polar surface area (TPSA) is 117 Å². The fourth-order valence-corrected chi connectivity index (χ4v) is 3.45. The minimum absolute atomic E-state index is 0.119. The molecule has 0 unspecified atom stereocenters. The number of hydrogen-bond donors (Lipinski definition) is 1. The lowest BCUT2D eigenvalue weighted by Gasteiger charge is -2.10. The fraction of sp³-hybridized carbons (Fsp3) is 0.273. The van der Waals surface area contributed by atoms with Gasteiger partial charge in [0.15, 0.2) is 5.82 Å². The molecule has 0 bridgehead atoms. The summed E-state index contributed by atoms with van der Waals surface area (Å²) < 4.78 is 4.38. The van der Waals surface area contributed by atoms with Gasteiger partial charge >= 0.3 is 0 Å². The summed E-state index contributed by atoms with van der Waals surface area (Å²) in [6.07, 6.45) is 1.57. The maximum atomic E-state index is 12.5. The van der Waals surface area contributed by atoms with Gasteiger partial charge in [-0.1, -0.05) is 12.1 Å². The Hall–Kier alpha value is -4.08. The van der Waals surface area contributed by atoms with E-state index in [2.05, 4.69) is 20.5 Å². The van der Waals surface area contributed by atoms with Crippen LogP contribution < -0.4 is 16.4 Å². The number of rotatable bonds is 7. The molecular weight excluding hydrogens is 410 g/mol. The standard InChI is InChI=1S/C22H23N7O3/c1-15-13-16(2)29(25-15)19-7-8-21(31)28(26-19)12-10-23-20(30)9-11-27-14-24-18-6-4-3-5-17(18)22(27)32/h3-8,13-14H,9-12H2,1-2H3,(H,23,30). The molecule has 0 aliphatic rings. The van der Waals surface area contributed by atoms with E-state index in [1.165, 1.54) is 21.6 Å². The molecule has 0 spiro atoms. The van der Waals surface area contributed by atoms with E-state index in [1.54, 1.807) is 28.9 Å². The van der Waals surface area contributed by atoms with E-state index in [0.717, 1.165) is 11.4 Å². The van der Waals surface area contributed by atoms with Crippen molar-refractivity contribution in [1.82, 2.24) is 34.4 Å². The Labute approximate surface area is 183 Å². The van der Waals surface area contributed by atoms with Crippen molar-refractivity contribution >= 4 is 16.8 Å². The highest BCUT2D eigenvalue weighted by molar-refractivity contribution is 5.77. The Kier molecular flexibility index (Phi) is 5.93. The van der Waals surface area contributed by atoms with Crippen molar-refractivity contribution in [3.05, 3.63) is 80.9 Å². The number of para-hydroxylation sites is 1. The van der Waals surface area contributed by atoms with Crippen LogP contribution in [0.5, 0.6) is 0 Å². The average molecular weight is 433 g/mol. The Morgan fingerprint density at radius 2 is 1.84 bits per heavy atom. The number of carbonyl (C=O) groups is 1. The van der Waals surface area contributed by atoms with Gasteiger partial charge < -0.3 is 5.32 Å². The van der Waals surface area contributed by atoms with Crippen molar-refractivity contribution in [3.63, 3.8) is 0 Å². The highest BCUT2D eigenvalue weighted by Crippen LogP contribution is 2.08. The number of aromatic nitrogens is 6. The first-order chi connectivity index (χ1) is 15.4. The van der Waals surface area contributed by atoms with E-state index in [9.17, 15) is 14.4 Å². The molecule has 4 rings (SSSR count). The van der Waals surface area contributed by atoms with E-state index in [1.807, 2.05) is 26.0 Å². The van der Waals surface area contributed by atoms with Crippen LogP contribution in [0.25, 0.3) is 16.7 Å². The van der Waals surface area contributed by atoms with E-state index in [4.69, 9.17) is 0 Å². The van der Waals surface area contributed by atoms with Crippen LogP contribution in [0.3, 0.4) is 0 Å². The highest BCUT2D eigenvalue weighted by Gasteiger charge is 2.09. The van der Waals surface area contributed by atoms with Crippen LogP contribution >= 0.6 is 0 Å². The molecule has 32 heavy (non-hydrogen) atoms. The van der Waals surface area contributed by atoms with Gasteiger partial charge in [0.2, 0.25) is 5.91 Å². The van der Waals surface area contributed by atoms with Gasteiger partial charge in [0.1, 0.15) is 0 Å². The lowest BCUT2D eigenvalue weighted by molar-refractivity contribution is -0.121. The molecule has 0 radical (unpaired) electrons. The van der Waals surface area contributed by atoms with Gasteiger partial charge in [-0.3, -0.25) is 19.0 Å². The van der Waals surface area contributed by atoms with Crippen LogP contribution in [0.1, 0.15) is 17.8 Å². The zero-order valence-corrected chi connectivity index (χ0v) is 17.9. The summed E-state index contributed by atoms with van der Waals surface area (Å²) in [5.74, 6) is 0.303. The summed E-state index contributed by atoms with van der Waals surface area (Å²) >= 11 is 0. The molecule has 3 heterocycles. The number of amides is 1. The van der Waals surface area contributed by atoms with E-state index in [0.29, 0.717) is 16.7 Å². The molecule has 3 aromatic heterocycles. The lowest BCUT2D eigenvalue weighted by Crippen LogP contribution is -2.33. The van der Waals surface area contributed by atoms with Crippen LogP contribution in [0, 0.1) is 13.8 Å². The summed E-state index contributed by atoms with van der Waals surface area (Å²) in [6.45, 7) is 4.46. The lowest BCUT2D eigenvalue weighted by atomic mass is 10.2. The van der Waals surface area contributed by atoms with Crippen LogP contribution in [0.2, 0.25) is 0 Å². The zero-order valence-electron chi connectivity index (χ0n) is 17.9. The van der Waals surface area contributed by atoms with Gasteiger partial charge in [-0.15, -0.1) is 5.10 Å². The number of fused-ring (bicyclic) bond motifs is 1. The molecule has 0 atom stereocenters. The predicted octanol–water partition coefficient (Wildman–Crippen LogP) is 0.962. The number of hydrogen-bond acceptors (Lipinski definition) is 6. The number of carbonyl (C=O) groups excluding carboxylic acids is 1. The summed E-state index contributed by atoms with van der Waals surface area (Å²) in [5, 5.41) is 12.0. The summed E-state index contributed by atoms with van der Waals surface area (Å²) in [4.78, 5) is 41.1. The zero-order chi connectivity index (χ0) is 22.7. The fourth-order valence-electron chi connectivity index (χ4n) is 3.45. The van der Waals surface area contributed by atoms with Crippen molar-refractivity contribution in [2.75, 3.05) is 6.54 Å². The van der Waals surface area contributed by atoms with Gasteiger partial charge in [-0.05, 0) is 38.1 Å². The van der Waals surface area contributed by atoms with Gasteiger partial charge in [0, 0.05) is 31.3 Å². The maximum absolute atomic E-state index is 12.5. The second-order valence-corrected chi connectivity index (χ2v) is 7.45. The Morgan fingerprint density at radius 1 is 1.03 bits per heavy atom. The van der Waals surface area contributed by atoms with Crippen molar-refractivity contribution in [3.8, 4) is 5.82 Å². The van der Waals surface area contributed by atoms with Crippen molar-refractivity contribution in [2.45, 2.75) is 33.4 Å². The molecule has 1 amide bonds. The third kappa shape index (κ3) is 4.48. The summed E-state index contributed by atoms with van der Waals surface area (Å²) in [7, 11) is 0. The predicted molar refractivity (Wildman–Crippen MR) is 119 cm³/mol. The summed E-state index contributed by atoms with van der Waals surface area (Å²) in [5.41, 5.74) is 1.94. The quantitative estimate of drug-likeness (QED) is 0.464. The number of benzene rings is 1. The largest absolute Gasteiger partial charge is 0.354 e. The van der Waals surface area contributed by atoms with Crippen LogP contribution in [-0.2, 0) is 17.9 Å². The van der Waals surface area contributed by atoms with Gasteiger partial charge in [-0.25, -0.2) is 14.3 Å². The number of aryl methyl sites for hydroxylation is 3. The second kappa shape index (κ2) is 8.96. The Morgan fingerprint density at radius 3 is 2.62 bits per heavy atom. The molecule has 0 fully saturated rings. The van der Waals surface area contributed by atoms with E-state index >= 15 is 0 Å². The highest BCUT2D eigenvalue weighted by atomic mass is 16.2. The monoisotopic (exact) mass is 433 g/mol. The smallest absolute Gasteiger partial charge is 0.266 e. The first-order valence-electron chi connectivity index (χ1n) is 10.2. The van der Waals surface area contributed by atoms with Crippen molar-refractivity contribution in [2.24, 2.45) is 0 Å². The molecule has 1 aromatic carbocycles. The minimum atomic E-state index is -0.265. The molecule has 10 heteroatoms. The van der Waals surface area contributed by atoms with Gasteiger partial charge in [-0.2, -0.15) is 5.10 Å². The Bertz CT molecular complexity index is 1400. The van der Waals surface area contributed by atoms with Crippen molar-refractivity contribution < 1.29 is 4.79 Å². The molecule has 0 aliphatic heterocycles. The van der Waals surface area contributed by atoms with Crippen LogP contribution in [0.15, 0.2) is 58.4 Å². The van der Waals surface area contributed by atoms with Gasteiger partial charge in [0.25, 0.3) is 11.1 Å². The molecular formula is C22H23N7O3. The molecule has 164 valence electrons. The SMILES string of the molecule is Cc1cc(C)n(-c2ccc(=O)n(CCNC(=O)CCn3cnc4ccccc4c3=O)n2)n1. The summed E-state index contributed by atoms with van der Waals surface area (Å²) in [6, 6.07) is 12.1. The molecule has 10 nitrogen and oxygen atoms in total. The van der Waals surface area contributed by atoms with Gasteiger partial charge in [0.05, 0.1) is 29.5 Å². The Balaban J connectivity index is 1.35. The molecule has 0 saturated carbocycles.